The van der Waals surface area contributed by atoms with Crippen molar-refractivity contribution < 1.29 is 4.79 Å². The van der Waals surface area contributed by atoms with Crippen molar-refractivity contribution in [3.63, 3.8) is 0 Å². The lowest BCUT2D eigenvalue weighted by Crippen LogP contribution is -2.24. The number of carbonyl (C=O) groups is 1. The minimum Gasteiger partial charge on any atom is -0.367 e. The van der Waals surface area contributed by atoms with Gasteiger partial charge < -0.3 is 16.4 Å². The van der Waals surface area contributed by atoms with Crippen LogP contribution >= 0.6 is 0 Å². The normalized spacial score (nSPS) is 14.3. The summed E-state index contributed by atoms with van der Waals surface area (Å²) in [6.07, 6.45) is 8.12. The third-order valence-electron chi connectivity index (χ3n) is 6.56. The molecule has 1 fully saturated rings. The number of rotatable bonds is 7. The highest BCUT2D eigenvalue weighted by Gasteiger charge is 2.20. The van der Waals surface area contributed by atoms with Gasteiger partial charge in [0.2, 0.25) is 0 Å². The molecule has 0 spiro atoms. The molecular formula is C28H31N5O. The molecule has 0 aliphatic heterocycles. The number of nitrogens with two attached hydrogens (primary N) is 1. The zero-order valence-electron chi connectivity index (χ0n) is 19.3. The minimum atomic E-state index is -0.119. The molecule has 4 aromatic rings. The molecule has 174 valence electrons. The van der Waals surface area contributed by atoms with Crippen LogP contribution in [0.5, 0.6) is 0 Å². The molecule has 2 aromatic heterocycles. The van der Waals surface area contributed by atoms with E-state index in [4.69, 9.17) is 10.7 Å². The molecule has 1 amide bonds. The van der Waals surface area contributed by atoms with Gasteiger partial charge in [-0.15, -0.1) is 0 Å². The Morgan fingerprint density at radius 2 is 1.76 bits per heavy atom. The van der Waals surface area contributed by atoms with E-state index in [1.807, 2.05) is 60.8 Å². The van der Waals surface area contributed by atoms with Gasteiger partial charge in [-0.3, -0.25) is 9.20 Å². The Labute approximate surface area is 200 Å². The van der Waals surface area contributed by atoms with E-state index in [2.05, 4.69) is 27.2 Å². The molecule has 6 nitrogen and oxygen atoms in total. The number of hydrogen-bond acceptors (Lipinski definition) is 4. The number of amides is 1. The number of pyridine rings is 1. The fourth-order valence-corrected chi connectivity index (χ4v) is 4.71. The Hall–Kier alpha value is -3.64. The van der Waals surface area contributed by atoms with E-state index in [0.717, 1.165) is 33.8 Å². The quantitative estimate of drug-likeness (QED) is 0.362. The molecule has 2 aromatic carbocycles. The van der Waals surface area contributed by atoms with Crippen LogP contribution in [0.2, 0.25) is 0 Å². The van der Waals surface area contributed by atoms with Crippen molar-refractivity contribution in [2.45, 2.75) is 51.2 Å². The molecule has 1 saturated carbocycles. The maximum Gasteiger partial charge on any atom is 0.251 e. The van der Waals surface area contributed by atoms with Gasteiger partial charge in [0.1, 0.15) is 17.2 Å². The Kier molecular flexibility index (Phi) is 6.58. The predicted molar refractivity (Wildman–Crippen MR) is 137 cm³/mol. The first kappa shape index (κ1) is 22.2. The second-order valence-corrected chi connectivity index (χ2v) is 9.00. The number of aromatic nitrogens is 2. The fourth-order valence-electron chi connectivity index (χ4n) is 4.71. The molecule has 5 rings (SSSR count). The van der Waals surface area contributed by atoms with E-state index in [1.165, 1.54) is 32.1 Å². The summed E-state index contributed by atoms with van der Waals surface area (Å²) in [5.41, 5.74) is 11.2. The van der Waals surface area contributed by atoms with E-state index < -0.39 is 0 Å². The molecule has 0 atom stereocenters. The van der Waals surface area contributed by atoms with Crippen molar-refractivity contribution in [1.82, 2.24) is 14.7 Å². The third kappa shape index (κ3) is 4.82. The summed E-state index contributed by atoms with van der Waals surface area (Å²) < 4.78 is 2.07. The number of imidazole rings is 1. The Bertz CT molecular complexity index is 1270. The highest BCUT2D eigenvalue weighted by atomic mass is 16.1. The van der Waals surface area contributed by atoms with Gasteiger partial charge in [-0.05, 0) is 36.1 Å². The number of anilines is 1. The van der Waals surface area contributed by atoms with Crippen LogP contribution in [0.4, 0.5) is 5.82 Å². The van der Waals surface area contributed by atoms with E-state index >= 15 is 0 Å². The molecule has 34 heavy (non-hydrogen) atoms. The summed E-state index contributed by atoms with van der Waals surface area (Å²) >= 11 is 0. The summed E-state index contributed by atoms with van der Waals surface area (Å²) in [7, 11) is 0. The standard InChI is InChI=1S/C28H31N5O/c29-18-20-8-7-9-21(16-20)19-30-28(34)23-14-15-33-25(17-23)32-26(22-10-3-1-4-11-22)27(33)31-24-12-5-2-6-13-24/h1,3-4,7-11,14-17,24,31H,2,5-6,12-13,18-19,29H2,(H,30,34). The first-order chi connectivity index (χ1) is 16.7. The number of nitrogens with zero attached hydrogens (tertiary/aromatic N) is 2. The maximum atomic E-state index is 12.9. The van der Waals surface area contributed by atoms with Crippen LogP contribution in [0, 0.1) is 0 Å². The van der Waals surface area contributed by atoms with Gasteiger partial charge in [-0.25, -0.2) is 4.98 Å². The smallest absolute Gasteiger partial charge is 0.251 e. The van der Waals surface area contributed by atoms with Gasteiger partial charge in [-0.1, -0.05) is 73.9 Å². The lowest BCUT2D eigenvalue weighted by Gasteiger charge is -2.24. The van der Waals surface area contributed by atoms with Gasteiger partial charge in [0.05, 0.1) is 0 Å². The molecule has 0 radical (unpaired) electrons. The lowest BCUT2D eigenvalue weighted by atomic mass is 9.95. The van der Waals surface area contributed by atoms with Crippen molar-refractivity contribution in [2.24, 2.45) is 5.73 Å². The first-order valence-corrected chi connectivity index (χ1v) is 12.1. The Morgan fingerprint density at radius 1 is 0.971 bits per heavy atom. The van der Waals surface area contributed by atoms with Crippen molar-refractivity contribution in [3.05, 3.63) is 89.6 Å². The van der Waals surface area contributed by atoms with Crippen molar-refractivity contribution >= 4 is 17.4 Å². The van der Waals surface area contributed by atoms with E-state index in [9.17, 15) is 4.79 Å². The molecule has 0 bridgehead atoms. The van der Waals surface area contributed by atoms with Crippen LogP contribution in [-0.4, -0.2) is 21.3 Å². The summed E-state index contributed by atoms with van der Waals surface area (Å²) in [6.45, 7) is 0.940. The van der Waals surface area contributed by atoms with Gasteiger partial charge >= 0.3 is 0 Å². The van der Waals surface area contributed by atoms with Crippen LogP contribution in [0.25, 0.3) is 16.9 Å². The Balaban J connectivity index is 1.42. The number of hydrogen-bond donors (Lipinski definition) is 3. The lowest BCUT2D eigenvalue weighted by molar-refractivity contribution is 0.0951. The average Bonchev–Trinajstić information content (AvgIpc) is 3.26. The van der Waals surface area contributed by atoms with E-state index in [1.54, 1.807) is 0 Å². The summed E-state index contributed by atoms with van der Waals surface area (Å²) in [5.74, 6) is 0.880. The number of benzene rings is 2. The molecule has 0 saturated heterocycles. The highest BCUT2D eigenvalue weighted by molar-refractivity contribution is 5.95. The van der Waals surface area contributed by atoms with Gasteiger partial charge in [0.25, 0.3) is 5.91 Å². The SMILES string of the molecule is NCc1cccc(CNC(=O)c2ccn3c(NC4CCCCC4)c(-c4ccccc4)nc3c2)c1. The van der Waals surface area contributed by atoms with E-state index in [0.29, 0.717) is 24.7 Å². The molecule has 6 heteroatoms. The highest BCUT2D eigenvalue weighted by Crippen LogP contribution is 2.31. The second kappa shape index (κ2) is 10.1. The van der Waals surface area contributed by atoms with Crippen molar-refractivity contribution in [2.75, 3.05) is 5.32 Å². The summed E-state index contributed by atoms with van der Waals surface area (Å²) in [6, 6.07) is 22.4. The van der Waals surface area contributed by atoms with Crippen molar-refractivity contribution in [3.8, 4) is 11.3 Å². The second-order valence-electron chi connectivity index (χ2n) is 9.00. The fraction of sp³-hybridized carbons (Fsp3) is 0.286. The monoisotopic (exact) mass is 453 g/mol. The van der Waals surface area contributed by atoms with Gasteiger partial charge in [0, 0.05) is 36.5 Å². The topological polar surface area (TPSA) is 84.5 Å². The summed E-state index contributed by atoms with van der Waals surface area (Å²) in [4.78, 5) is 17.8. The van der Waals surface area contributed by atoms with Gasteiger partial charge in [0.15, 0.2) is 0 Å². The predicted octanol–water partition coefficient (Wildman–Crippen LogP) is 5.13. The summed E-state index contributed by atoms with van der Waals surface area (Å²) in [5, 5.41) is 6.78. The minimum absolute atomic E-state index is 0.119. The molecule has 0 unspecified atom stereocenters. The molecule has 1 aliphatic rings. The molecule has 4 N–H and O–H groups in total. The van der Waals surface area contributed by atoms with Crippen LogP contribution in [0.3, 0.4) is 0 Å². The average molecular weight is 454 g/mol. The molecular weight excluding hydrogens is 422 g/mol. The first-order valence-electron chi connectivity index (χ1n) is 12.1. The van der Waals surface area contributed by atoms with Crippen LogP contribution in [-0.2, 0) is 13.1 Å². The third-order valence-corrected chi connectivity index (χ3v) is 6.56. The number of carbonyl (C=O) groups excluding carboxylic acids is 1. The van der Waals surface area contributed by atoms with Crippen LogP contribution in [0.1, 0.15) is 53.6 Å². The molecule has 1 aliphatic carbocycles. The number of nitrogens with one attached hydrogen (secondary N) is 2. The largest absolute Gasteiger partial charge is 0.367 e. The zero-order valence-corrected chi connectivity index (χ0v) is 19.3. The van der Waals surface area contributed by atoms with Gasteiger partial charge in [-0.2, -0.15) is 0 Å². The van der Waals surface area contributed by atoms with E-state index in [-0.39, 0.29) is 5.91 Å². The number of fused-ring (bicyclic) bond motifs is 1. The Morgan fingerprint density at radius 3 is 2.56 bits per heavy atom. The zero-order chi connectivity index (χ0) is 23.3. The maximum absolute atomic E-state index is 12.9. The molecule has 2 heterocycles. The van der Waals surface area contributed by atoms with Crippen molar-refractivity contribution in [1.29, 1.82) is 0 Å². The van der Waals surface area contributed by atoms with Crippen LogP contribution in [0.15, 0.2) is 72.9 Å². The van der Waals surface area contributed by atoms with Crippen LogP contribution < -0.4 is 16.4 Å².